The van der Waals surface area contributed by atoms with Gasteiger partial charge in [-0.1, -0.05) is 35.6 Å². The number of carbonyl (C=O) groups excluding carboxylic acids is 2. The number of benzene rings is 1. The molecule has 0 aliphatic rings. The van der Waals surface area contributed by atoms with Gasteiger partial charge in [-0.2, -0.15) is 0 Å². The molecule has 0 spiro atoms. The third-order valence-corrected chi connectivity index (χ3v) is 4.36. The fourth-order valence-electron chi connectivity index (χ4n) is 2.02. The standard InChI is InChI=1S/C16H18N4O2S.ClH/c1-4-10-20-11(2)14(12(3)21)23-16(20)19-18-15(22)17-13-8-6-5-7-9-13;/h4-9H,1,10H2,2-3H3,(H2,17,18,22);1H/b19-16-;. The summed E-state index contributed by atoms with van der Waals surface area (Å²) in [5, 5.41) is 6.78. The lowest BCUT2D eigenvalue weighted by atomic mass is 10.3. The van der Waals surface area contributed by atoms with Crippen molar-refractivity contribution in [1.29, 1.82) is 0 Å². The molecule has 2 amide bonds. The quantitative estimate of drug-likeness (QED) is 0.484. The minimum absolute atomic E-state index is 0. The Kier molecular flexibility index (Phi) is 7.41. The number of hydrogen-bond acceptors (Lipinski definition) is 4. The van der Waals surface area contributed by atoms with Crippen LogP contribution < -0.4 is 15.5 Å². The van der Waals surface area contributed by atoms with Crippen molar-refractivity contribution in [3.8, 4) is 0 Å². The Labute approximate surface area is 150 Å². The average Bonchev–Trinajstić information content (AvgIpc) is 2.84. The molecule has 0 saturated carbocycles. The molecule has 2 aromatic rings. The Bertz CT molecular complexity index is 796. The average molecular weight is 367 g/mol. The van der Waals surface area contributed by atoms with Crippen LogP contribution >= 0.6 is 23.7 Å². The van der Waals surface area contributed by atoms with Crippen LogP contribution in [0.4, 0.5) is 10.5 Å². The van der Waals surface area contributed by atoms with Crippen molar-refractivity contribution in [2.75, 3.05) is 5.32 Å². The van der Waals surface area contributed by atoms with Gasteiger partial charge in [-0.3, -0.25) is 4.79 Å². The summed E-state index contributed by atoms with van der Waals surface area (Å²) in [7, 11) is 0. The lowest BCUT2D eigenvalue weighted by Crippen LogP contribution is -2.28. The molecule has 6 nitrogen and oxygen atoms in total. The van der Waals surface area contributed by atoms with Crippen LogP contribution in [0.2, 0.25) is 0 Å². The highest BCUT2D eigenvalue weighted by molar-refractivity contribution is 7.11. The fourth-order valence-corrected chi connectivity index (χ4v) is 3.02. The molecule has 0 aliphatic heterocycles. The van der Waals surface area contributed by atoms with E-state index in [-0.39, 0.29) is 18.2 Å². The van der Waals surface area contributed by atoms with E-state index in [1.54, 1.807) is 18.2 Å². The molecule has 2 N–H and O–H groups in total. The zero-order chi connectivity index (χ0) is 16.8. The Morgan fingerprint density at radius 2 is 2.00 bits per heavy atom. The van der Waals surface area contributed by atoms with Gasteiger partial charge in [-0.25, -0.2) is 10.2 Å². The SMILES string of the molecule is C=CCn1c(C)c(C(C)=O)s/c1=N\NC(=O)Nc1ccccc1.Cl. The summed E-state index contributed by atoms with van der Waals surface area (Å²) in [6.45, 7) is 7.57. The summed E-state index contributed by atoms with van der Waals surface area (Å²) in [5.41, 5.74) is 3.93. The summed E-state index contributed by atoms with van der Waals surface area (Å²) < 4.78 is 1.83. The van der Waals surface area contributed by atoms with E-state index in [2.05, 4.69) is 22.4 Å². The van der Waals surface area contributed by atoms with Crippen LogP contribution in [0.5, 0.6) is 0 Å². The van der Waals surface area contributed by atoms with Crippen LogP contribution in [-0.2, 0) is 6.54 Å². The van der Waals surface area contributed by atoms with Crippen LogP contribution in [-0.4, -0.2) is 16.4 Å². The zero-order valence-electron chi connectivity index (χ0n) is 13.4. The van der Waals surface area contributed by atoms with Crippen LogP contribution in [0.3, 0.4) is 0 Å². The molecule has 24 heavy (non-hydrogen) atoms. The summed E-state index contributed by atoms with van der Waals surface area (Å²) in [6.07, 6.45) is 1.71. The van der Waals surface area contributed by atoms with Gasteiger partial charge in [0.2, 0.25) is 4.80 Å². The number of allylic oxidation sites excluding steroid dienone is 1. The molecule has 0 atom stereocenters. The number of Topliss-reactive ketones (excluding diaryl/α,β-unsaturated/α-hetero) is 1. The Morgan fingerprint density at radius 3 is 2.58 bits per heavy atom. The summed E-state index contributed by atoms with van der Waals surface area (Å²) in [6, 6.07) is 8.63. The molecule has 0 unspecified atom stereocenters. The number of para-hydroxylation sites is 1. The number of halogens is 1. The predicted octanol–water partition coefficient (Wildman–Crippen LogP) is 3.31. The van der Waals surface area contributed by atoms with Crippen LogP contribution in [0.1, 0.15) is 22.3 Å². The molecule has 0 saturated heterocycles. The van der Waals surface area contributed by atoms with Crippen molar-refractivity contribution >= 4 is 41.2 Å². The van der Waals surface area contributed by atoms with E-state index in [0.29, 0.717) is 21.9 Å². The van der Waals surface area contributed by atoms with E-state index in [1.165, 1.54) is 18.3 Å². The van der Waals surface area contributed by atoms with E-state index < -0.39 is 6.03 Å². The molecule has 0 fully saturated rings. The predicted molar refractivity (Wildman–Crippen MR) is 98.7 cm³/mol. The van der Waals surface area contributed by atoms with E-state index >= 15 is 0 Å². The topological polar surface area (TPSA) is 75.5 Å². The largest absolute Gasteiger partial charge is 0.339 e. The first kappa shape index (κ1) is 19.7. The molecule has 128 valence electrons. The van der Waals surface area contributed by atoms with Crippen molar-refractivity contribution in [3.05, 3.63) is 58.4 Å². The smallest absolute Gasteiger partial charge is 0.315 e. The maximum atomic E-state index is 11.9. The minimum Gasteiger partial charge on any atom is -0.315 e. The van der Waals surface area contributed by atoms with E-state index in [1.807, 2.05) is 29.7 Å². The number of rotatable bonds is 5. The molecule has 0 aliphatic carbocycles. The van der Waals surface area contributed by atoms with E-state index in [4.69, 9.17) is 0 Å². The number of urea groups is 1. The maximum Gasteiger partial charge on any atom is 0.339 e. The van der Waals surface area contributed by atoms with Gasteiger partial charge in [0.1, 0.15) is 0 Å². The number of amides is 2. The van der Waals surface area contributed by atoms with Crippen molar-refractivity contribution in [3.63, 3.8) is 0 Å². The van der Waals surface area contributed by atoms with Gasteiger partial charge in [0.05, 0.1) is 4.88 Å². The third kappa shape index (κ3) is 4.81. The highest BCUT2D eigenvalue weighted by Crippen LogP contribution is 2.12. The van der Waals surface area contributed by atoms with Crippen molar-refractivity contribution in [2.45, 2.75) is 20.4 Å². The highest BCUT2D eigenvalue weighted by atomic mass is 35.5. The van der Waals surface area contributed by atoms with Gasteiger partial charge in [-0.15, -0.1) is 24.1 Å². The molecule has 1 aromatic carbocycles. The molecule has 2 rings (SSSR count). The first-order valence-corrected chi connectivity index (χ1v) is 7.82. The number of hydrogen-bond donors (Lipinski definition) is 2. The number of aromatic nitrogens is 1. The highest BCUT2D eigenvalue weighted by Gasteiger charge is 2.12. The molecule has 1 aromatic heterocycles. The van der Waals surface area contributed by atoms with Crippen LogP contribution in [0, 0.1) is 6.92 Å². The Morgan fingerprint density at radius 1 is 1.33 bits per heavy atom. The summed E-state index contributed by atoms with van der Waals surface area (Å²) in [5.74, 6) is -0.0273. The molecule has 1 heterocycles. The van der Waals surface area contributed by atoms with Crippen molar-refractivity contribution in [2.24, 2.45) is 5.10 Å². The zero-order valence-corrected chi connectivity index (χ0v) is 15.0. The van der Waals surface area contributed by atoms with Crippen molar-refractivity contribution in [1.82, 2.24) is 9.99 Å². The number of carbonyl (C=O) groups is 2. The van der Waals surface area contributed by atoms with E-state index in [0.717, 1.165) is 5.69 Å². The Balaban J connectivity index is 0.00000288. The Hall–Kier alpha value is -2.38. The van der Waals surface area contributed by atoms with Gasteiger partial charge in [-0.05, 0) is 19.1 Å². The minimum atomic E-state index is -0.447. The number of nitrogens with one attached hydrogen (secondary N) is 2. The van der Waals surface area contributed by atoms with Gasteiger partial charge < -0.3 is 9.88 Å². The number of thiazole rings is 1. The second-order valence-electron chi connectivity index (χ2n) is 4.80. The summed E-state index contributed by atoms with van der Waals surface area (Å²) >= 11 is 1.24. The molecule has 8 heteroatoms. The molecule has 0 bridgehead atoms. The van der Waals surface area contributed by atoms with Gasteiger partial charge in [0.15, 0.2) is 5.78 Å². The molecular weight excluding hydrogens is 348 g/mol. The normalized spacial score (nSPS) is 10.7. The number of ketones is 1. The first-order chi connectivity index (χ1) is 11.0. The maximum absolute atomic E-state index is 11.9. The second-order valence-corrected chi connectivity index (χ2v) is 5.78. The lowest BCUT2D eigenvalue weighted by molar-refractivity contribution is 0.102. The summed E-state index contributed by atoms with van der Waals surface area (Å²) in [4.78, 5) is 24.7. The van der Waals surface area contributed by atoms with Crippen LogP contribution in [0.15, 0.2) is 48.1 Å². The first-order valence-electron chi connectivity index (χ1n) is 7.00. The van der Waals surface area contributed by atoms with Gasteiger partial charge in [0.25, 0.3) is 0 Å². The second kappa shape index (κ2) is 9.05. The number of anilines is 1. The third-order valence-electron chi connectivity index (χ3n) is 3.07. The van der Waals surface area contributed by atoms with Gasteiger partial charge in [0, 0.05) is 24.8 Å². The lowest BCUT2D eigenvalue weighted by Gasteiger charge is -2.04. The van der Waals surface area contributed by atoms with Gasteiger partial charge >= 0.3 is 6.03 Å². The number of nitrogens with zero attached hydrogens (tertiary/aromatic N) is 2. The monoisotopic (exact) mass is 366 g/mol. The van der Waals surface area contributed by atoms with E-state index in [9.17, 15) is 9.59 Å². The molecule has 0 radical (unpaired) electrons. The molecular formula is C16H19ClN4O2S. The fraction of sp³-hybridized carbons (Fsp3) is 0.188. The van der Waals surface area contributed by atoms with Crippen LogP contribution in [0.25, 0.3) is 0 Å². The van der Waals surface area contributed by atoms with Crippen molar-refractivity contribution < 1.29 is 9.59 Å².